The van der Waals surface area contributed by atoms with Gasteiger partial charge in [0.05, 0.1) is 46.2 Å². The molecule has 0 fully saturated rings. The van der Waals surface area contributed by atoms with Crippen LogP contribution in [0.2, 0.25) is 48.2 Å². The lowest BCUT2D eigenvalue weighted by Gasteiger charge is -2.36. The van der Waals surface area contributed by atoms with Gasteiger partial charge in [0, 0.05) is 43.9 Å². The van der Waals surface area contributed by atoms with E-state index in [4.69, 9.17) is 25.5 Å². The maximum Gasteiger partial charge on any atom is 0.419 e. The van der Waals surface area contributed by atoms with Gasteiger partial charge in [-0.2, -0.15) is 5.10 Å². The highest BCUT2D eigenvalue weighted by Crippen LogP contribution is 2.37. The summed E-state index contributed by atoms with van der Waals surface area (Å²) in [6, 6.07) is 12.9. The number of thiophene rings is 1. The van der Waals surface area contributed by atoms with Crippen molar-refractivity contribution < 1.29 is 23.5 Å². The molecule has 1 N–H and O–H groups in total. The number of aromatic nitrogens is 3. The highest BCUT2D eigenvalue weighted by atomic mass is 35.5. The molecule has 0 saturated carbocycles. The minimum Gasteiger partial charge on any atom is -0.443 e. The molecule has 10 nitrogen and oxygen atoms in total. The van der Waals surface area contributed by atoms with E-state index in [0.29, 0.717) is 54.3 Å². The van der Waals surface area contributed by atoms with E-state index >= 15 is 0 Å². The zero-order valence-electron chi connectivity index (χ0n) is 35.6. The molecule has 0 spiro atoms. The fraction of sp³-hybridized carbons (Fsp3) is 0.500. The van der Waals surface area contributed by atoms with Gasteiger partial charge in [0.2, 0.25) is 0 Å². The quantitative estimate of drug-likeness (QED) is 0.0519. The van der Waals surface area contributed by atoms with Crippen molar-refractivity contribution >= 4 is 67.8 Å². The second-order valence-corrected chi connectivity index (χ2v) is 30.3. The summed E-state index contributed by atoms with van der Waals surface area (Å²) in [7, 11) is -3.25. The van der Waals surface area contributed by atoms with Gasteiger partial charge >= 0.3 is 6.09 Å². The molecule has 14 heteroatoms. The van der Waals surface area contributed by atoms with Gasteiger partial charge in [-0.1, -0.05) is 58.1 Å². The van der Waals surface area contributed by atoms with E-state index in [1.807, 2.05) is 82.1 Å². The number of carbonyl (C=O) groups is 2. The number of allylic oxidation sites excluding steroid dienone is 2. The van der Waals surface area contributed by atoms with Crippen LogP contribution in [0.5, 0.6) is 0 Å². The predicted molar refractivity (Wildman–Crippen MR) is 237 cm³/mol. The summed E-state index contributed by atoms with van der Waals surface area (Å²) >= 11 is 7.61. The fourth-order valence-corrected chi connectivity index (χ4v) is 8.18. The molecule has 1 aromatic carbocycles. The van der Waals surface area contributed by atoms with Crippen LogP contribution in [0.25, 0.3) is 16.5 Å². The SMILES string of the molecule is CCN(/C=C(\C=C(/C)c1cc2cc(CO[Si](C)(C)C(C)(C)C)ccc2n1C(=O)OC(C)(C)C)NC(=O)c1cnn(Cc2ccc(Cl)s2)c1)COCC[Si](C)(C)C. The third kappa shape index (κ3) is 13.0. The Hall–Kier alpha value is -3.47. The summed E-state index contributed by atoms with van der Waals surface area (Å²) in [5.74, 6) is -0.314. The number of rotatable bonds is 16. The van der Waals surface area contributed by atoms with E-state index in [1.165, 1.54) is 11.3 Å². The summed E-state index contributed by atoms with van der Waals surface area (Å²) < 4.78 is 22.6. The Kier molecular flexibility index (Phi) is 14.9. The van der Waals surface area contributed by atoms with E-state index in [9.17, 15) is 9.59 Å². The second kappa shape index (κ2) is 18.4. The number of halogens is 1. The lowest BCUT2D eigenvalue weighted by atomic mass is 10.1. The molecule has 3 heterocycles. The summed E-state index contributed by atoms with van der Waals surface area (Å²) in [6.07, 6.45) is 6.58. The highest BCUT2D eigenvalue weighted by Gasteiger charge is 2.37. The number of hydrogen-bond acceptors (Lipinski definition) is 8. The standard InChI is InChI=1S/C42H62ClN5O5SSi2/c1-14-46(29-51-19-20-55(9,10)11)26-34(45-39(49)33-24-44-47(25-33)27-35-16-18-38(43)54-35)21-30(2)37-23-32-22-31(28-52-56(12,13)42(6,7)8)15-17-36(32)48(37)40(50)53-41(3,4)5/h15-18,21-26H,14,19-20,27-29H2,1-13H3,(H,45,49)/b30-21+,34-26+. The van der Waals surface area contributed by atoms with E-state index in [-0.39, 0.29) is 10.9 Å². The normalized spacial score (nSPS) is 13.4. The van der Waals surface area contributed by atoms with Crippen molar-refractivity contribution in [2.45, 2.75) is 118 Å². The molecule has 56 heavy (non-hydrogen) atoms. The van der Waals surface area contributed by atoms with Crippen LogP contribution in [0.15, 0.2) is 66.8 Å². The van der Waals surface area contributed by atoms with Gasteiger partial charge in [0.1, 0.15) is 12.3 Å². The number of carbonyl (C=O) groups excluding carboxylic acids is 2. The Morgan fingerprint density at radius 1 is 1.04 bits per heavy atom. The Balaban J connectivity index is 1.73. The zero-order chi connectivity index (χ0) is 41.6. The van der Waals surface area contributed by atoms with Crippen molar-refractivity contribution in [2.75, 3.05) is 19.9 Å². The van der Waals surface area contributed by atoms with Gasteiger partial charge in [-0.3, -0.25) is 9.48 Å². The van der Waals surface area contributed by atoms with Crippen LogP contribution >= 0.6 is 22.9 Å². The Morgan fingerprint density at radius 2 is 1.75 bits per heavy atom. The Bertz CT molecular complexity index is 2050. The second-order valence-electron chi connectivity index (χ2n) is 18.0. The molecule has 3 aromatic heterocycles. The third-order valence-electron chi connectivity index (χ3n) is 9.71. The summed E-state index contributed by atoms with van der Waals surface area (Å²) in [5, 5.41) is 8.51. The minimum absolute atomic E-state index is 0.0831. The smallest absolute Gasteiger partial charge is 0.419 e. The maximum absolute atomic E-state index is 13.9. The first kappa shape index (κ1) is 45.2. The molecule has 0 unspecified atom stereocenters. The Labute approximate surface area is 345 Å². The molecule has 4 aromatic rings. The molecule has 1 amide bonds. The molecule has 0 aliphatic rings. The molecular formula is C42H62ClN5O5SSi2. The molecular weight excluding hydrogens is 778 g/mol. The molecule has 0 aliphatic carbocycles. The van der Waals surface area contributed by atoms with E-state index < -0.39 is 28.1 Å². The fourth-order valence-electron chi connectivity index (χ4n) is 5.39. The van der Waals surface area contributed by atoms with Crippen LogP contribution in [0.3, 0.4) is 0 Å². The van der Waals surface area contributed by atoms with Gasteiger partial charge in [-0.15, -0.1) is 11.3 Å². The lowest BCUT2D eigenvalue weighted by Crippen LogP contribution is -2.40. The zero-order valence-corrected chi connectivity index (χ0v) is 39.2. The van der Waals surface area contributed by atoms with Crippen molar-refractivity contribution in [2.24, 2.45) is 0 Å². The molecule has 0 aliphatic heterocycles. The first-order chi connectivity index (χ1) is 25.9. The number of amides is 1. The molecule has 0 bridgehead atoms. The van der Waals surface area contributed by atoms with Crippen molar-refractivity contribution in [3.05, 3.63) is 92.8 Å². The highest BCUT2D eigenvalue weighted by molar-refractivity contribution is 7.16. The molecule has 4 rings (SSSR count). The summed E-state index contributed by atoms with van der Waals surface area (Å²) in [6.45, 7) is 30.4. The average Bonchev–Trinajstić information content (AvgIpc) is 3.81. The van der Waals surface area contributed by atoms with Gasteiger partial charge in [0.25, 0.3) is 5.91 Å². The van der Waals surface area contributed by atoms with Crippen LogP contribution in [-0.2, 0) is 27.1 Å². The Morgan fingerprint density at radius 3 is 2.36 bits per heavy atom. The van der Waals surface area contributed by atoms with Crippen LogP contribution < -0.4 is 5.32 Å². The first-order valence-corrected chi connectivity index (χ1v) is 27.1. The first-order valence-electron chi connectivity index (χ1n) is 19.3. The largest absolute Gasteiger partial charge is 0.443 e. The topological polar surface area (TPSA) is 99.9 Å². The van der Waals surface area contributed by atoms with E-state index in [2.05, 4.69) is 70.0 Å². The minimum atomic E-state index is -1.98. The van der Waals surface area contributed by atoms with E-state index in [1.54, 1.807) is 21.6 Å². The van der Waals surface area contributed by atoms with Crippen LogP contribution in [-0.4, -0.2) is 73.1 Å². The number of nitrogens with one attached hydrogen (secondary N) is 1. The number of fused-ring (bicyclic) bond motifs is 1. The van der Waals surface area contributed by atoms with Crippen LogP contribution in [0, 0.1) is 0 Å². The maximum atomic E-state index is 13.9. The van der Waals surface area contributed by atoms with Crippen molar-refractivity contribution in [1.29, 1.82) is 0 Å². The van der Waals surface area contributed by atoms with Gasteiger partial charge in [-0.05, 0) is 106 Å². The average molecular weight is 841 g/mol. The van der Waals surface area contributed by atoms with Crippen molar-refractivity contribution in [3.8, 4) is 0 Å². The number of nitrogens with zero attached hydrogens (tertiary/aromatic N) is 4. The third-order valence-corrected chi connectivity index (χ3v) is 17.1. The number of benzene rings is 1. The van der Waals surface area contributed by atoms with Crippen molar-refractivity contribution in [1.82, 2.24) is 24.6 Å². The number of hydrogen-bond donors (Lipinski definition) is 1. The van der Waals surface area contributed by atoms with Crippen molar-refractivity contribution in [3.63, 3.8) is 0 Å². The molecule has 0 saturated heterocycles. The summed E-state index contributed by atoms with van der Waals surface area (Å²) in [4.78, 5) is 30.8. The summed E-state index contributed by atoms with van der Waals surface area (Å²) in [5.41, 5.74) is 3.38. The van der Waals surface area contributed by atoms with Gasteiger partial charge in [-0.25, -0.2) is 9.36 Å². The monoisotopic (exact) mass is 839 g/mol. The number of ether oxygens (including phenoxy) is 2. The lowest BCUT2D eigenvalue weighted by molar-refractivity contribution is 0.0543. The van der Waals surface area contributed by atoms with E-state index in [0.717, 1.165) is 33.0 Å². The van der Waals surface area contributed by atoms with Crippen LogP contribution in [0.4, 0.5) is 4.79 Å². The molecule has 0 radical (unpaired) electrons. The molecule has 0 atom stereocenters. The van der Waals surface area contributed by atoms with Gasteiger partial charge < -0.3 is 24.1 Å². The molecule has 306 valence electrons. The van der Waals surface area contributed by atoms with Gasteiger partial charge in [0.15, 0.2) is 8.32 Å². The van der Waals surface area contributed by atoms with Crippen LogP contribution in [0.1, 0.15) is 81.9 Å². The predicted octanol–water partition coefficient (Wildman–Crippen LogP) is 11.2.